The number of esters is 1. The number of ether oxygens (including phenoxy) is 1. The summed E-state index contributed by atoms with van der Waals surface area (Å²) in [5.74, 6) is 0.848. The van der Waals surface area contributed by atoms with E-state index in [0.717, 1.165) is 23.6 Å². The normalized spacial score (nSPS) is 22.1. The monoisotopic (exact) mass is 245 g/mol. The zero-order valence-electron chi connectivity index (χ0n) is 10.5. The molecule has 0 bridgehead atoms. The third-order valence-electron chi connectivity index (χ3n) is 3.25. The van der Waals surface area contributed by atoms with E-state index in [1.54, 1.807) is 0 Å². The fraction of sp³-hybridized carbons (Fsp3) is 0.462. The number of hydrogen-bond donors (Lipinski definition) is 0. The van der Waals surface area contributed by atoms with Crippen LogP contribution in [-0.2, 0) is 9.53 Å². The van der Waals surface area contributed by atoms with Crippen LogP contribution >= 0.6 is 0 Å². The van der Waals surface area contributed by atoms with E-state index in [1.807, 2.05) is 36.6 Å². The highest BCUT2D eigenvalue weighted by molar-refractivity contribution is 5.77. The molecule has 3 rings (SSSR count). The number of pyridine rings is 1. The molecule has 1 aliphatic carbocycles. The number of carbonyl (C=O) groups is 1. The molecule has 0 N–H and O–H groups in total. The maximum atomic E-state index is 11.7. The number of carbonyl (C=O) groups excluding carboxylic acids is 1. The molecule has 1 aliphatic rings. The van der Waals surface area contributed by atoms with Gasteiger partial charge in [-0.3, -0.25) is 4.79 Å². The van der Waals surface area contributed by atoms with E-state index in [1.165, 1.54) is 0 Å². The van der Waals surface area contributed by atoms with Crippen molar-refractivity contribution in [2.24, 2.45) is 5.92 Å². The smallest absolute Gasteiger partial charge is 0.309 e. The maximum Gasteiger partial charge on any atom is 0.309 e. The molecular formula is C13H15N3O2. The molecule has 0 saturated heterocycles. The molecule has 0 amide bonds. The molecule has 5 nitrogen and oxygen atoms in total. The first-order valence-corrected chi connectivity index (χ1v) is 6.19. The Kier molecular flexibility index (Phi) is 2.54. The topological polar surface area (TPSA) is 56.5 Å². The summed E-state index contributed by atoms with van der Waals surface area (Å²) < 4.78 is 6.88. The van der Waals surface area contributed by atoms with Crippen LogP contribution in [0.25, 0.3) is 5.65 Å². The predicted octanol–water partition coefficient (Wildman–Crippen LogP) is 1.70. The van der Waals surface area contributed by atoms with E-state index in [-0.39, 0.29) is 17.8 Å². The highest BCUT2D eigenvalue weighted by atomic mass is 16.5. The maximum absolute atomic E-state index is 11.7. The standard InChI is InChI=1S/C13H15N3O2/c1-3-18-13(17)10-7-9(10)11-5-4-6-12-14-8(2)15-16(11)12/h4-6,9-10H,3,7H2,1-2H3. The minimum Gasteiger partial charge on any atom is -0.466 e. The first kappa shape index (κ1) is 11.2. The Morgan fingerprint density at radius 3 is 3.17 bits per heavy atom. The molecular weight excluding hydrogens is 230 g/mol. The first-order valence-electron chi connectivity index (χ1n) is 6.19. The molecule has 2 aromatic heterocycles. The molecule has 0 aliphatic heterocycles. The van der Waals surface area contributed by atoms with Crippen LogP contribution in [0.2, 0.25) is 0 Å². The van der Waals surface area contributed by atoms with Gasteiger partial charge in [-0.1, -0.05) is 6.07 Å². The quantitative estimate of drug-likeness (QED) is 0.772. The van der Waals surface area contributed by atoms with E-state index >= 15 is 0 Å². The number of nitrogens with zero attached hydrogens (tertiary/aromatic N) is 3. The largest absolute Gasteiger partial charge is 0.466 e. The van der Waals surface area contributed by atoms with Crippen LogP contribution in [0.1, 0.15) is 30.8 Å². The Bertz CT molecular complexity index is 605. The third kappa shape index (κ3) is 1.75. The Labute approximate surface area is 105 Å². The molecule has 2 aromatic rings. The molecule has 1 saturated carbocycles. The van der Waals surface area contributed by atoms with Gasteiger partial charge in [0, 0.05) is 11.6 Å². The van der Waals surface area contributed by atoms with E-state index in [4.69, 9.17) is 4.74 Å². The van der Waals surface area contributed by atoms with Gasteiger partial charge in [0.05, 0.1) is 12.5 Å². The van der Waals surface area contributed by atoms with Crippen LogP contribution in [0.5, 0.6) is 0 Å². The highest BCUT2D eigenvalue weighted by Crippen LogP contribution is 2.47. The predicted molar refractivity (Wildman–Crippen MR) is 65.2 cm³/mol. The van der Waals surface area contributed by atoms with Crippen LogP contribution in [0, 0.1) is 12.8 Å². The van der Waals surface area contributed by atoms with E-state index in [9.17, 15) is 4.79 Å². The van der Waals surface area contributed by atoms with Gasteiger partial charge in [0.25, 0.3) is 0 Å². The number of hydrogen-bond acceptors (Lipinski definition) is 4. The van der Waals surface area contributed by atoms with Crippen molar-refractivity contribution in [3.8, 4) is 0 Å². The van der Waals surface area contributed by atoms with Gasteiger partial charge in [-0.25, -0.2) is 9.50 Å². The Balaban J connectivity index is 1.90. The number of aromatic nitrogens is 3. The average molecular weight is 245 g/mol. The highest BCUT2D eigenvalue weighted by Gasteiger charge is 2.46. The lowest BCUT2D eigenvalue weighted by molar-refractivity contribution is -0.144. The summed E-state index contributed by atoms with van der Waals surface area (Å²) >= 11 is 0. The molecule has 0 aromatic carbocycles. The molecule has 0 spiro atoms. The Morgan fingerprint density at radius 1 is 1.56 bits per heavy atom. The van der Waals surface area contributed by atoms with Crippen LogP contribution in [0.15, 0.2) is 18.2 Å². The van der Waals surface area contributed by atoms with Gasteiger partial charge in [-0.15, -0.1) is 0 Å². The minimum absolute atomic E-state index is 0.0138. The lowest BCUT2D eigenvalue weighted by Gasteiger charge is -2.03. The summed E-state index contributed by atoms with van der Waals surface area (Å²) in [6.07, 6.45) is 0.844. The first-order chi connectivity index (χ1) is 8.70. The van der Waals surface area contributed by atoms with Crippen molar-refractivity contribution in [2.75, 3.05) is 6.61 Å². The molecule has 1 fully saturated rings. The van der Waals surface area contributed by atoms with Crippen LogP contribution in [0.4, 0.5) is 0 Å². The van der Waals surface area contributed by atoms with Crippen molar-refractivity contribution in [2.45, 2.75) is 26.2 Å². The second kappa shape index (κ2) is 4.08. The molecule has 2 heterocycles. The molecule has 0 radical (unpaired) electrons. The SMILES string of the molecule is CCOC(=O)C1CC1c1cccc2nc(C)nn12. The third-order valence-corrected chi connectivity index (χ3v) is 3.25. The zero-order chi connectivity index (χ0) is 12.7. The van der Waals surface area contributed by atoms with E-state index < -0.39 is 0 Å². The van der Waals surface area contributed by atoms with Gasteiger partial charge in [0.1, 0.15) is 5.82 Å². The van der Waals surface area contributed by atoms with Crippen molar-refractivity contribution < 1.29 is 9.53 Å². The number of rotatable bonds is 3. The van der Waals surface area contributed by atoms with E-state index in [2.05, 4.69) is 10.1 Å². The minimum atomic E-state index is -0.101. The second-order valence-corrected chi connectivity index (χ2v) is 4.58. The van der Waals surface area contributed by atoms with Crippen molar-refractivity contribution in [1.82, 2.24) is 14.6 Å². The number of fused-ring (bicyclic) bond motifs is 1. The molecule has 2 atom stereocenters. The summed E-state index contributed by atoms with van der Waals surface area (Å²) in [5.41, 5.74) is 1.88. The van der Waals surface area contributed by atoms with Crippen molar-refractivity contribution in [3.63, 3.8) is 0 Å². The molecule has 2 unspecified atom stereocenters. The fourth-order valence-corrected chi connectivity index (χ4v) is 2.35. The molecule has 5 heteroatoms. The van der Waals surface area contributed by atoms with Gasteiger partial charge >= 0.3 is 5.97 Å². The van der Waals surface area contributed by atoms with E-state index in [0.29, 0.717) is 6.61 Å². The van der Waals surface area contributed by atoms with Gasteiger partial charge in [-0.05, 0) is 32.4 Å². The summed E-state index contributed by atoms with van der Waals surface area (Å²) in [5, 5.41) is 4.37. The van der Waals surface area contributed by atoms with Crippen LogP contribution in [-0.4, -0.2) is 27.2 Å². The van der Waals surface area contributed by atoms with Gasteiger partial charge in [0.2, 0.25) is 0 Å². The zero-order valence-corrected chi connectivity index (χ0v) is 10.5. The van der Waals surface area contributed by atoms with Crippen LogP contribution in [0.3, 0.4) is 0 Å². The fourth-order valence-electron chi connectivity index (χ4n) is 2.35. The van der Waals surface area contributed by atoms with Gasteiger partial charge in [-0.2, -0.15) is 5.10 Å². The summed E-state index contributed by atoms with van der Waals surface area (Å²) in [6.45, 7) is 4.14. The summed E-state index contributed by atoms with van der Waals surface area (Å²) in [7, 11) is 0. The second-order valence-electron chi connectivity index (χ2n) is 4.58. The lowest BCUT2D eigenvalue weighted by atomic mass is 10.2. The molecule has 18 heavy (non-hydrogen) atoms. The number of aryl methyl sites for hydroxylation is 1. The van der Waals surface area contributed by atoms with Crippen molar-refractivity contribution in [1.29, 1.82) is 0 Å². The summed E-state index contributed by atoms with van der Waals surface area (Å²) in [6, 6.07) is 5.88. The summed E-state index contributed by atoms with van der Waals surface area (Å²) in [4.78, 5) is 16.0. The Hall–Kier alpha value is -1.91. The average Bonchev–Trinajstić information content (AvgIpc) is 3.03. The van der Waals surface area contributed by atoms with Crippen LogP contribution < -0.4 is 0 Å². The molecule has 94 valence electrons. The van der Waals surface area contributed by atoms with Crippen molar-refractivity contribution in [3.05, 3.63) is 29.7 Å². The van der Waals surface area contributed by atoms with Crippen molar-refractivity contribution >= 4 is 11.6 Å². The Morgan fingerprint density at radius 2 is 2.39 bits per heavy atom. The lowest BCUT2D eigenvalue weighted by Crippen LogP contribution is -2.08. The van der Waals surface area contributed by atoms with Gasteiger partial charge in [0.15, 0.2) is 5.65 Å². The van der Waals surface area contributed by atoms with Gasteiger partial charge < -0.3 is 4.74 Å².